The maximum atomic E-state index is 8.74. The highest BCUT2D eigenvalue weighted by Crippen LogP contribution is 2.29. The van der Waals surface area contributed by atoms with Crippen LogP contribution < -0.4 is 11.5 Å². The fourth-order valence-electron chi connectivity index (χ4n) is 3.12. The molecule has 0 aromatic rings. The van der Waals surface area contributed by atoms with Crippen LogP contribution in [0.25, 0.3) is 0 Å². The van der Waals surface area contributed by atoms with Crippen molar-refractivity contribution >= 4 is 0 Å². The van der Waals surface area contributed by atoms with E-state index in [0.29, 0.717) is 36.9 Å². The summed E-state index contributed by atoms with van der Waals surface area (Å²) in [5, 5.41) is 17.5. The Morgan fingerprint density at radius 2 is 1.00 bits per heavy atom. The molecule has 0 heterocycles. The molecular weight excluding hydrogens is 228 g/mol. The van der Waals surface area contributed by atoms with E-state index >= 15 is 0 Å². The number of nitrogens with two attached hydrogens (primary N) is 2. The predicted octanol–water partition coefficient (Wildman–Crippen LogP) is 0.707. The van der Waals surface area contributed by atoms with E-state index in [4.69, 9.17) is 21.7 Å². The van der Waals surface area contributed by atoms with Crippen LogP contribution in [-0.2, 0) is 0 Å². The normalized spacial score (nSPS) is 35.3. The SMILES string of the molecule is NC[C@@H]1CC[C@H](CO)C1.NC[C@H]1CC[C@@H](CO)C1. The van der Waals surface area contributed by atoms with Gasteiger partial charge in [0.1, 0.15) is 0 Å². The minimum absolute atomic E-state index is 0.358. The Bertz CT molecular complexity index is 172. The Hall–Kier alpha value is -0.160. The van der Waals surface area contributed by atoms with Crippen LogP contribution in [0.5, 0.6) is 0 Å². The molecule has 4 nitrogen and oxygen atoms in total. The molecule has 4 heteroatoms. The highest BCUT2D eigenvalue weighted by molar-refractivity contribution is 4.75. The van der Waals surface area contributed by atoms with Gasteiger partial charge in [-0.05, 0) is 75.3 Å². The molecular formula is C14H30N2O2. The Morgan fingerprint density at radius 3 is 1.17 bits per heavy atom. The molecule has 0 amide bonds. The van der Waals surface area contributed by atoms with E-state index in [0.717, 1.165) is 25.9 Å². The van der Waals surface area contributed by atoms with E-state index in [1.807, 2.05) is 0 Å². The van der Waals surface area contributed by atoms with Gasteiger partial charge >= 0.3 is 0 Å². The van der Waals surface area contributed by atoms with E-state index in [2.05, 4.69) is 0 Å². The molecule has 4 atom stereocenters. The second-order valence-electron chi connectivity index (χ2n) is 5.93. The molecule has 0 aromatic carbocycles. The summed E-state index contributed by atoms with van der Waals surface area (Å²) < 4.78 is 0. The Balaban J connectivity index is 0.000000180. The lowest BCUT2D eigenvalue weighted by Gasteiger charge is -2.04. The van der Waals surface area contributed by atoms with Crippen LogP contribution in [-0.4, -0.2) is 36.5 Å². The van der Waals surface area contributed by atoms with Crippen molar-refractivity contribution in [2.24, 2.45) is 35.1 Å². The summed E-state index contributed by atoms with van der Waals surface area (Å²) in [5.74, 6) is 2.50. The van der Waals surface area contributed by atoms with Crippen molar-refractivity contribution in [3.63, 3.8) is 0 Å². The number of hydrogen-bond acceptors (Lipinski definition) is 4. The number of rotatable bonds is 4. The van der Waals surface area contributed by atoms with Gasteiger partial charge in [0, 0.05) is 13.2 Å². The second-order valence-corrected chi connectivity index (χ2v) is 5.93. The van der Waals surface area contributed by atoms with Gasteiger partial charge in [0.25, 0.3) is 0 Å². The molecule has 2 aliphatic carbocycles. The zero-order valence-corrected chi connectivity index (χ0v) is 11.4. The molecule has 0 bridgehead atoms. The lowest BCUT2D eigenvalue weighted by atomic mass is 10.1. The maximum Gasteiger partial charge on any atom is 0.0459 e. The van der Waals surface area contributed by atoms with Crippen LogP contribution in [0.4, 0.5) is 0 Å². The molecule has 2 saturated carbocycles. The number of aliphatic hydroxyl groups excluding tert-OH is 2. The number of aliphatic hydroxyl groups is 2. The molecule has 6 N–H and O–H groups in total. The van der Waals surface area contributed by atoms with Gasteiger partial charge in [-0.15, -0.1) is 0 Å². The Kier molecular flexibility index (Phi) is 7.82. The van der Waals surface area contributed by atoms with Crippen molar-refractivity contribution in [3.05, 3.63) is 0 Å². The van der Waals surface area contributed by atoms with Crippen molar-refractivity contribution in [1.29, 1.82) is 0 Å². The van der Waals surface area contributed by atoms with Crippen LogP contribution in [0, 0.1) is 23.7 Å². The van der Waals surface area contributed by atoms with Crippen LogP contribution in [0.2, 0.25) is 0 Å². The van der Waals surface area contributed by atoms with Crippen molar-refractivity contribution in [2.75, 3.05) is 26.3 Å². The fourth-order valence-corrected chi connectivity index (χ4v) is 3.12. The van der Waals surface area contributed by atoms with E-state index in [-0.39, 0.29) is 0 Å². The predicted molar refractivity (Wildman–Crippen MR) is 73.9 cm³/mol. The van der Waals surface area contributed by atoms with Gasteiger partial charge in [0.15, 0.2) is 0 Å². The average Bonchev–Trinajstić information content (AvgIpc) is 3.07. The highest BCUT2D eigenvalue weighted by Gasteiger charge is 2.22. The molecule has 0 spiro atoms. The molecule has 0 aromatic heterocycles. The van der Waals surface area contributed by atoms with E-state index in [1.165, 1.54) is 25.7 Å². The van der Waals surface area contributed by atoms with Crippen LogP contribution in [0.15, 0.2) is 0 Å². The second kappa shape index (κ2) is 8.86. The zero-order valence-electron chi connectivity index (χ0n) is 11.4. The summed E-state index contributed by atoms with van der Waals surface area (Å²) in [5.41, 5.74) is 10.9. The summed E-state index contributed by atoms with van der Waals surface area (Å²) in [4.78, 5) is 0. The smallest absolute Gasteiger partial charge is 0.0459 e. The van der Waals surface area contributed by atoms with Gasteiger partial charge in [0.2, 0.25) is 0 Å². The molecule has 2 rings (SSSR count). The summed E-state index contributed by atoms with van der Waals surface area (Å²) in [6, 6.07) is 0. The quantitative estimate of drug-likeness (QED) is 0.597. The summed E-state index contributed by atoms with van der Waals surface area (Å²) in [6.07, 6.45) is 7.10. The standard InChI is InChI=1S/2C7H15NO/c2*8-4-6-1-2-7(3-6)5-9/h2*6-7,9H,1-5,8H2/t2*6-,7+/m10/s1. The lowest BCUT2D eigenvalue weighted by Crippen LogP contribution is -2.11. The maximum absolute atomic E-state index is 8.74. The molecule has 0 aliphatic heterocycles. The zero-order chi connectivity index (χ0) is 13.4. The Morgan fingerprint density at radius 1 is 0.667 bits per heavy atom. The first-order valence-electron chi connectivity index (χ1n) is 7.35. The number of hydrogen-bond donors (Lipinski definition) is 4. The van der Waals surface area contributed by atoms with E-state index in [9.17, 15) is 0 Å². The molecule has 2 fully saturated rings. The molecule has 18 heavy (non-hydrogen) atoms. The van der Waals surface area contributed by atoms with Crippen molar-refractivity contribution in [3.8, 4) is 0 Å². The minimum atomic E-state index is 0.358. The molecule has 0 saturated heterocycles. The van der Waals surface area contributed by atoms with Gasteiger partial charge < -0.3 is 21.7 Å². The topological polar surface area (TPSA) is 92.5 Å². The lowest BCUT2D eigenvalue weighted by molar-refractivity contribution is 0.226. The monoisotopic (exact) mass is 258 g/mol. The van der Waals surface area contributed by atoms with E-state index < -0.39 is 0 Å². The van der Waals surface area contributed by atoms with Crippen molar-refractivity contribution < 1.29 is 10.2 Å². The van der Waals surface area contributed by atoms with Gasteiger partial charge in [-0.1, -0.05) is 0 Å². The molecule has 0 radical (unpaired) electrons. The minimum Gasteiger partial charge on any atom is -0.396 e. The van der Waals surface area contributed by atoms with E-state index in [1.54, 1.807) is 0 Å². The first-order chi connectivity index (χ1) is 8.73. The summed E-state index contributed by atoms with van der Waals surface area (Å²) in [7, 11) is 0. The van der Waals surface area contributed by atoms with Gasteiger partial charge in [0.05, 0.1) is 0 Å². The molecule has 0 unspecified atom stereocenters. The van der Waals surface area contributed by atoms with Gasteiger partial charge in [-0.25, -0.2) is 0 Å². The third kappa shape index (κ3) is 5.22. The van der Waals surface area contributed by atoms with Gasteiger partial charge in [-0.2, -0.15) is 0 Å². The summed E-state index contributed by atoms with van der Waals surface area (Å²) in [6.45, 7) is 2.32. The third-order valence-electron chi connectivity index (χ3n) is 4.48. The van der Waals surface area contributed by atoms with Crippen molar-refractivity contribution in [2.45, 2.75) is 38.5 Å². The summed E-state index contributed by atoms with van der Waals surface area (Å²) >= 11 is 0. The van der Waals surface area contributed by atoms with Crippen LogP contribution >= 0.6 is 0 Å². The van der Waals surface area contributed by atoms with Gasteiger partial charge in [-0.3, -0.25) is 0 Å². The third-order valence-corrected chi connectivity index (χ3v) is 4.48. The average molecular weight is 258 g/mol. The highest BCUT2D eigenvalue weighted by atomic mass is 16.3. The Labute approximate surface area is 111 Å². The van der Waals surface area contributed by atoms with Crippen LogP contribution in [0.3, 0.4) is 0 Å². The van der Waals surface area contributed by atoms with Crippen LogP contribution in [0.1, 0.15) is 38.5 Å². The van der Waals surface area contributed by atoms with Crippen molar-refractivity contribution in [1.82, 2.24) is 0 Å². The first kappa shape index (κ1) is 15.9. The fraction of sp³-hybridized carbons (Fsp3) is 1.00. The molecule has 2 aliphatic rings. The largest absolute Gasteiger partial charge is 0.396 e. The first-order valence-corrected chi connectivity index (χ1v) is 7.35. The molecule has 108 valence electrons.